The van der Waals surface area contributed by atoms with Crippen molar-refractivity contribution in [2.24, 2.45) is 0 Å². The summed E-state index contributed by atoms with van der Waals surface area (Å²) in [7, 11) is 0. The van der Waals surface area contributed by atoms with Crippen molar-refractivity contribution in [3.8, 4) is 16.9 Å². The van der Waals surface area contributed by atoms with Crippen LogP contribution in [0, 0.1) is 5.82 Å². The normalized spacial score (nSPS) is 18.1. The lowest BCUT2D eigenvalue weighted by Gasteiger charge is -2.28. The smallest absolute Gasteiger partial charge is 0.124 e. The van der Waals surface area contributed by atoms with Crippen molar-refractivity contribution in [3.63, 3.8) is 0 Å². The molecule has 0 aromatic heterocycles. The number of ether oxygens (including phenoxy) is 1. The monoisotopic (exact) mass is 354 g/mol. The average molecular weight is 354 g/mol. The van der Waals surface area contributed by atoms with E-state index in [2.05, 4.69) is 22.3 Å². The number of hydrogen-bond acceptors (Lipinski definition) is 3. The van der Waals surface area contributed by atoms with Gasteiger partial charge in [-0.25, -0.2) is 4.39 Å². The van der Waals surface area contributed by atoms with E-state index in [1.54, 1.807) is 12.1 Å². The molecule has 2 aromatic carbocycles. The molecule has 4 rings (SSSR count). The minimum absolute atomic E-state index is 0.193. The molecule has 3 nitrogen and oxygen atoms in total. The van der Waals surface area contributed by atoms with Gasteiger partial charge in [-0.3, -0.25) is 4.90 Å². The van der Waals surface area contributed by atoms with E-state index in [0.29, 0.717) is 12.5 Å². The lowest BCUT2D eigenvalue weighted by Crippen LogP contribution is -2.42. The molecular weight excluding hydrogens is 327 g/mol. The molecule has 0 unspecified atom stereocenters. The summed E-state index contributed by atoms with van der Waals surface area (Å²) in [4.78, 5) is 2.49. The van der Waals surface area contributed by atoms with Crippen LogP contribution in [0.3, 0.4) is 0 Å². The Bertz CT molecular complexity index is 749. The molecule has 2 aromatic rings. The fraction of sp³-hybridized carbons (Fsp3) is 0.455. The van der Waals surface area contributed by atoms with Crippen LogP contribution in [-0.2, 0) is 6.54 Å². The highest BCUT2D eigenvalue weighted by atomic mass is 19.1. The fourth-order valence-electron chi connectivity index (χ4n) is 3.78. The lowest BCUT2D eigenvalue weighted by molar-refractivity contribution is 0.228. The van der Waals surface area contributed by atoms with Crippen LogP contribution in [0.5, 0.6) is 5.75 Å². The van der Waals surface area contributed by atoms with Crippen LogP contribution in [0.4, 0.5) is 4.39 Å². The van der Waals surface area contributed by atoms with Gasteiger partial charge in [0.05, 0.1) is 6.61 Å². The van der Waals surface area contributed by atoms with E-state index in [0.717, 1.165) is 44.0 Å². The number of rotatable bonds is 6. The Morgan fingerprint density at radius 1 is 1.12 bits per heavy atom. The summed E-state index contributed by atoms with van der Waals surface area (Å²) in [6, 6.07) is 11.4. The number of halogens is 1. The zero-order valence-corrected chi connectivity index (χ0v) is 15.4. The van der Waals surface area contributed by atoms with E-state index >= 15 is 0 Å². The van der Waals surface area contributed by atoms with E-state index in [1.807, 2.05) is 19.1 Å². The minimum Gasteiger partial charge on any atom is -0.494 e. The van der Waals surface area contributed by atoms with Crippen LogP contribution in [-0.4, -0.2) is 37.7 Å². The number of nitrogens with one attached hydrogen (secondary N) is 1. The summed E-state index contributed by atoms with van der Waals surface area (Å²) < 4.78 is 19.4. The molecule has 0 radical (unpaired) electrons. The standard InChI is InChI=1S/C22H27FN2O/c1-2-26-22-14-21(17-5-7-19(23)8-6-17)20(16-3-4-16)13-18(22)15-25-11-9-24-10-12-25/h5-8,13-14,16,24H,2-4,9-12,15H2,1H3. The maximum absolute atomic E-state index is 13.4. The SMILES string of the molecule is CCOc1cc(-c2ccc(F)cc2)c(C2CC2)cc1CN1CCNCC1. The number of hydrogen-bond donors (Lipinski definition) is 1. The van der Waals surface area contributed by atoms with Crippen molar-refractivity contribution in [2.45, 2.75) is 32.2 Å². The van der Waals surface area contributed by atoms with Gasteiger partial charge in [-0.15, -0.1) is 0 Å². The third kappa shape index (κ3) is 3.92. The van der Waals surface area contributed by atoms with Crippen molar-refractivity contribution in [3.05, 3.63) is 53.3 Å². The van der Waals surface area contributed by atoms with Crippen molar-refractivity contribution >= 4 is 0 Å². The molecule has 1 aliphatic carbocycles. The van der Waals surface area contributed by atoms with Gasteiger partial charge in [-0.2, -0.15) is 0 Å². The van der Waals surface area contributed by atoms with Gasteiger partial charge < -0.3 is 10.1 Å². The molecule has 1 heterocycles. The summed E-state index contributed by atoms with van der Waals surface area (Å²) in [6.45, 7) is 7.86. The number of nitrogens with zero attached hydrogens (tertiary/aromatic N) is 1. The first-order chi connectivity index (χ1) is 12.7. The maximum atomic E-state index is 13.4. The lowest BCUT2D eigenvalue weighted by atomic mass is 9.93. The molecule has 2 fully saturated rings. The molecule has 0 spiro atoms. The molecule has 1 N–H and O–H groups in total. The van der Waals surface area contributed by atoms with E-state index in [-0.39, 0.29) is 5.82 Å². The molecule has 4 heteroatoms. The topological polar surface area (TPSA) is 24.5 Å². The Hall–Kier alpha value is -1.91. The molecule has 0 bridgehead atoms. The second kappa shape index (κ2) is 7.77. The Morgan fingerprint density at radius 2 is 1.85 bits per heavy atom. The second-order valence-corrected chi connectivity index (χ2v) is 7.29. The van der Waals surface area contributed by atoms with Crippen LogP contribution in [0.1, 0.15) is 36.8 Å². The highest BCUT2D eigenvalue weighted by molar-refractivity contribution is 5.71. The summed E-state index contributed by atoms with van der Waals surface area (Å²) in [5, 5.41) is 3.41. The quantitative estimate of drug-likeness (QED) is 0.842. The first kappa shape index (κ1) is 17.5. The zero-order chi connectivity index (χ0) is 17.9. The van der Waals surface area contributed by atoms with Crippen LogP contribution >= 0.6 is 0 Å². The highest BCUT2D eigenvalue weighted by Gasteiger charge is 2.28. The molecule has 0 amide bonds. The average Bonchev–Trinajstić information content (AvgIpc) is 3.50. The van der Waals surface area contributed by atoms with E-state index in [1.165, 1.54) is 29.5 Å². The van der Waals surface area contributed by atoms with Crippen molar-refractivity contribution in [1.29, 1.82) is 0 Å². The van der Waals surface area contributed by atoms with Crippen molar-refractivity contribution in [1.82, 2.24) is 10.2 Å². The van der Waals surface area contributed by atoms with E-state index in [4.69, 9.17) is 4.74 Å². The van der Waals surface area contributed by atoms with E-state index in [9.17, 15) is 4.39 Å². The second-order valence-electron chi connectivity index (χ2n) is 7.29. The van der Waals surface area contributed by atoms with Gasteiger partial charge in [-0.1, -0.05) is 12.1 Å². The number of benzene rings is 2. The fourth-order valence-corrected chi connectivity index (χ4v) is 3.78. The molecule has 1 aliphatic heterocycles. The minimum atomic E-state index is -0.193. The molecule has 0 atom stereocenters. The van der Waals surface area contributed by atoms with Gasteiger partial charge in [0.1, 0.15) is 11.6 Å². The molecular formula is C22H27FN2O. The van der Waals surface area contributed by atoms with Crippen LogP contribution in [0.25, 0.3) is 11.1 Å². The predicted molar refractivity (Wildman–Crippen MR) is 103 cm³/mol. The zero-order valence-electron chi connectivity index (χ0n) is 15.4. The van der Waals surface area contributed by atoms with Gasteiger partial charge in [0.25, 0.3) is 0 Å². The summed E-state index contributed by atoms with van der Waals surface area (Å²) >= 11 is 0. The summed E-state index contributed by atoms with van der Waals surface area (Å²) in [6.07, 6.45) is 2.49. The Balaban J connectivity index is 1.71. The van der Waals surface area contributed by atoms with Gasteiger partial charge in [0.15, 0.2) is 0 Å². The Labute approximate surface area is 155 Å². The third-order valence-corrected chi connectivity index (χ3v) is 5.31. The molecule has 1 saturated carbocycles. The summed E-state index contributed by atoms with van der Waals surface area (Å²) in [5.41, 5.74) is 4.94. The molecule has 26 heavy (non-hydrogen) atoms. The van der Waals surface area contributed by atoms with Gasteiger partial charge >= 0.3 is 0 Å². The summed E-state index contributed by atoms with van der Waals surface area (Å²) in [5.74, 6) is 1.41. The largest absolute Gasteiger partial charge is 0.494 e. The van der Waals surface area contributed by atoms with Crippen LogP contribution in [0.2, 0.25) is 0 Å². The molecule has 2 aliphatic rings. The van der Waals surface area contributed by atoms with Gasteiger partial charge in [0.2, 0.25) is 0 Å². The predicted octanol–water partition coefficient (Wildman–Crippen LogP) is 4.17. The van der Waals surface area contributed by atoms with Gasteiger partial charge in [-0.05, 0) is 66.6 Å². The Kier molecular flexibility index (Phi) is 5.23. The third-order valence-electron chi connectivity index (χ3n) is 5.31. The first-order valence-corrected chi connectivity index (χ1v) is 9.73. The maximum Gasteiger partial charge on any atom is 0.124 e. The molecule has 1 saturated heterocycles. The molecule has 138 valence electrons. The van der Waals surface area contributed by atoms with Crippen LogP contribution in [0.15, 0.2) is 36.4 Å². The highest BCUT2D eigenvalue weighted by Crippen LogP contribution is 2.46. The van der Waals surface area contributed by atoms with Gasteiger partial charge in [0, 0.05) is 38.3 Å². The van der Waals surface area contributed by atoms with E-state index < -0.39 is 0 Å². The van der Waals surface area contributed by atoms with Crippen molar-refractivity contribution < 1.29 is 9.13 Å². The van der Waals surface area contributed by atoms with Crippen molar-refractivity contribution in [2.75, 3.05) is 32.8 Å². The number of piperazine rings is 1. The van der Waals surface area contributed by atoms with Crippen LogP contribution < -0.4 is 10.1 Å². The Morgan fingerprint density at radius 3 is 2.50 bits per heavy atom. The first-order valence-electron chi connectivity index (χ1n) is 9.73.